The van der Waals surface area contributed by atoms with Gasteiger partial charge in [0.2, 0.25) is 0 Å². The van der Waals surface area contributed by atoms with E-state index in [9.17, 15) is 0 Å². The van der Waals surface area contributed by atoms with Crippen LogP contribution in [0.5, 0.6) is 0 Å². The lowest BCUT2D eigenvalue weighted by Gasteiger charge is -2.47. The quantitative estimate of drug-likeness (QED) is 0.479. The molecule has 2 aliphatic carbocycles. The summed E-state index contributed by atoms with van der Waals surface area (Å²) in [6, 6.07) is 0. The van der Waals surface area contributed by atoms with Crippen LogP contribution in [0.1, 0.15) is 38.5 Å². The molecule has 0 saturated heterocycles. The Morgan fingerprint density at radius 3 is 1.95 bits per heavy atom. The van der Waals surface area contributed by atoms with Crippen molar-refractivity contribution in [2.45, 2.75) is 71.1 Å². The molecule has 7 heteroatoms. The van der Waals surface area contributed by atoms with Crippen molar-refractivity contribution in [1.29, 1.82) is 0 Å². The Morgan fingerprint density at radius 1 is 0.857 bits per heavy atom. The lowest BCUT2D eigenvalue weighted by molar-refractivity contribution is 0.195. The van der Waals surface area contributed by atoms with E-state index in [1.54, 1.807) is 14.2 Å². The molecule has 5 atom stereocenters. The van der Waals surface area contributed by atoms with Crippen LogP contribution in [0.15, 0.2) is 0 Å². The topological polar surface area (TPSA) is 18.5 Å². The summed E-state index contributed by atoms with van der Waals surface area (Å²) in [5, 5.41) is 0.0708. The predicted octanol–water partition coefficient (Wildman–Crippen LogP) is 5.26. The summed E-state index contributed by atoms with van der Waals surface area (Å²) in [6.45, 7) is 0. The Balaban J connectivity index is 2.26. The highest BCUT2D eigenvalue weighted by Crippen LogP contribution is 2.52. The van der Waals surface area contributed by atoms with Gasteiger partial charge in [0.05, 0.1) is 10.8 Å². The highest BCUT2D eigenvalue weighted by Gasteiger charge is 2.56. The van der Waals surface area contributed by atoms with Gasteiger partial charge in [-0.25, -0.2) is 0 Å². The summed E-state index contributed by atoms with van der Waals surface area (Å²) in [5.41, 5.74) is 0.473. The average Bonchev–Trinajstić information content (AvgIpc) is 2.44. The number of halogens is 4. The number of rotatable bonds is 4. The fourth-order valence-corrected chi connectivity index (χ4v) is 11.1. The molecule has 0 aromatic heterocycles. The van der Waals surface area contributed by atoms with Gasteiger partial charge in [0.1, 0.15) is 0 Å². The van der Waals surface area contributed by atoms with Crippen LogP contribution in [-0.4, -0.2) is 44.3 Å². The SMILES string of the molecule is CO[Si](OC)(C1CC(Cl)CC(Cl)C1)C1CCCC(Cl)C1Cl. The molecule has 2 fully saturated rings. The van der Waals surface area contributed by atoms with Crippen LogP contribution in [0.25, 0.3) is 0 Å². The molecule has 0 heterocycles. The molecule has 2 saturated carbocycles. The Morgan fingerprint density at radius 2 is 1.43 bits per heavy atom. The van der Waals surface area contributed by atoms with Gasteiger partial charge in [0.15, 0.2) is 0 Å². The second-order valence-electron chi connectivity index (χ2n) is 6.23. The lowest BCUT2D eigenvalue weighted by Crippen LogP contribution is -2.56. The van der Waals surface area contributed by atoms with Gasteiger partial charge in [-0.2, -0.15) is 0 Å². The average molecular weight is 394 g/mol. The van der Waals surface area contributed by atoms with E-state index in [0.717, 1.165) is 38.5 Å². The minimum Gasteiger partial charge on any atom is -0.397 e. The second kappa shape index (κ2) is 7.91. The maximum Gasteiger partial charge on any atom is 0.345 e. The van der Waals surface area contributed by atoms with Crippen LogP contribution in [0, 0.1) is 0 Å². The van der Waals surface area contributed by atoms with Gasteiger partial charge in [0.25, 0.3) is 0 Å². The Hall–Kier alpha value is 1.30. The van der Waals surface area contributed by atoms with Gasteiger partial charge >= 0.3 is 8.56 Å². The normalized spacial score (nSPS) is 42.0. The van der Waals surface area contributed by atoms with E-state index in [1.165, 1.54) is 0 Å². The number of alkyl halides is 4. The molecule has 5 unspecified atom stereocenters. The van der Waals surface area contributed by atoms with Crippen LogP contribution in [0.2, 0.25) is 11.1 Å². The first-order chi connectivity index (χ1) is 9.94. The zero-order valence-corrected chi connectivity index (χ0v) is 16.6. The number of hydrogen-bond donors (Lipinski definition) is 0. The van der Waals surface area contributed by atoms with E-state index in [2.05, 4.69) is 0 Å². The molecule has 0 aromatic carbocycles. The van der Waals surface area contributed by atoms with Crippen molar-refractivity contribution in [3.63, 3.8) is 0 Å². The highest BCUT2D eigenvalue weighted by atomic mass is 35.5. The largest absolute Gasteiger partial charge is 0.397 e. The maximum absolute atomic E-state index is 6.64. The van der Waals surface area contributed by atoms with Gasteiger partial charge in [-0.1, -0.05) is 6.42 Å². The molecule has 2 nitrogen and oxygen atoms in total. The Bertz CT molecular complexity index is 333. The van der Waals surface area contributed by atoms with Crippen molar-refractivity contribution in [3.8, 4) is 0 Å². The van der Waals surface area contributed by atoms with Crippen molar-refractivity contribution in [2.75, 3.05) is 14.2 Å². The van der Waals surface area contributed by atoms with E-state index < -0.39 is 8.56 Å². The summed E-state index contributed by atoms with van der Waals surface area (Å²) < 4.78 is 12.1. The first-order valence-corrected chi connectivity index (χ1v) is 11.3. The van der Waals surface area contributed by atoms with Crippen molar-refractivity contribution in [2.24, 2.45) is 0 Å². The molecule has 0 bridgehead atoms. The van der Waals surface area contributed by atoms with Crippen LogP contribution in [0.4, 0.5) is 0 Å². The second-order valence-corrected chi connectivity index (χ2v) is 12.3. The van der Waals surface area contributed by atoms with Crippen molar-refractivity contribution in [1.82, 2.24) is 0 Å². The Labute approximate surface area is 149 Å². The minimum absolute atomic E-state index is 0.00946. The minimum atomic E-state index is -2.52. The summed E-state index contributed by atoms with van der Waals surface area (Å²) >= 11 is 25.8. The molecule has 0 spiro atoms. The predicted molar refractivity (Wildman–Crippen MR) is 93.5 cm³/mol. The summed E-state index contributed by atoms with van der Waals surface area (Å²) in [7, 11) is 0.981. The fraction of sp³-hybridized carbons (Fsp3) is 1.00. The molecular weight excluding hydrogens is 370 g/mol. The van der Waals surface area contributed by atoms with Crippen molar-refractivity contribution in [3.05, 3.63) is 0 Å². The highest BCUT2D eigenvalue weighted by molar-refractivity contribution is 6.72. The molecule has 2 aliphatic rings. The molecule has 0 amide bonds. The lowest BCUT2D eigenvalue weighted by atomic mass is 9.98. The van der Waals surface area contributed by atoms with E-state index in [1.807, 2.05) is 0 Å². The Kier molecular flexibility index (Phi) is 7.02. The number of hydrogen-bond acceptors (Lipinski definition) is 2. The van der Waals surface area contributed by atoms with Crippen LogP contribution in [-0.2, 0) is 8.85 Å². The maximum atomic E-state index is 6.64. The molecule has 21 heavy (non-hydrogen) atoms. The van der Waals surface area contributed by atoms with Crippen LogP contribution < -0.4 is 0 Å². The summed E-state index contributed by atoms with van der Waals surface area (Å²) in [6.07, 6.45) is 5.69. The molecule has 0 N–H and O–H groups in total. The standard InChI is InChI=1S/C14H24Cl4O2Si/c1-19-21(20-2,11-7-9(15)6-10(16)8-11)13-5-3-4-12(17)14(13)18/h9-14H,3-8H2,1-2H3. The first kappa shape index (κ1) is 18.6. The molecule has 0 aromatic rings. The third kappa shape index (κ3) is 3.87. The third-order valence-corrected chi connectivity index (χ3v) is 11.8. The first-order valence-electron chi connectivity index (χ1n) is 7.61. The smallest absolute Gasteiger partial charge is 0.345 e. The van der Waals surface area contributed by atoms with E-state index >= 15 is 0 Å². The molecule has 0 aliphatic heterocycles. The van der Waals surface area contributed by atoms with Gasteiger partial charge in [-0.05, 0) is 32.1 Å². The van der Waals surface area contributed by atoms with E-state index in [-0.39, 0.29) is 32.6 Å². The summed E-state index contributed by atoms with van der Waals surface area (Å²) in [5.74, 6) is 0. The van der Waals surface area contributed by atoms with Crippen LogP contribution >= 0.6 is 46.4 Å². The zero-order chi connectivity index (χ0) is 15.6. The fourth-order valence-electron chi connectivity index (χ4n) is 4.06. The molecular formula is C14H24Cl4O2Si. The molecule has 2 rings (SSSR count). The van der Waals surface area contributed by atoms with Gasteiger partial charge in [-0.15, -0.1) is 46.4 Å². The van der Waals surface area contributed by atoms with Crippen molar-refractivity contribution < 1.29 is 8.85 Å². The third-order valence-electron chi connectivity index (χ3n) is 5.04. The van der Waals surface area contributed by atoms with Crippen LogP contribution in [0.3, 0.4) is 0 Å². The zero-order valence-electron chi connectivity index (χ0n) is 12.5. The van der Waals surface area contributed by atoms with E-state index in [4.69, 9.17) is 55.3 Å². The van der Waals surface area contributed by atoms with Gasteiger partial charge in [-0.3, -0.25) is 0 Å². The molecule has 124 valence electrons. The monoisotopic (exact) mass is 392 g/mol. The van der Waals surface area contributed by atoms with E-state index in [0.29, 0.717) is 0 Å². The van der Waals surface area contributed by atoms with Gasteiger partial charge < -0.3 is 8.85 Å². The summed E-state index contributed by atoms with van der Waals surface area (Å²) in [4.78, 5) is 0. The molecule has 0 radical (unpaired) electrons. The van der Waals surface area contributed by atoms with Crippen molar-refractivity contribution >= 4 is 55.0 Å². The van der Waals surface area contributed by atoms with Gasteiger partial charge in [0, 0.05) is 36.1 Å².